The molecule has 1 aromatic heterocycles. The third-order valence-electron chi connectivity index (χ3n) is 4.42. The summed E-state index contributed by atoms with van der Waals surface area (Å²) < 4.78 is 48.6. The van der Waals surface area contributed by atoms with Gasteiger partial charge in [-0.2, -0.15) is 18.2 Å². The number of benzene rings is 1. The van der Waals surface area contributed by atoms with E-state index >= 15 is 0 Å². The summed E-state index contributed by atoms with van der Waals surface area (Å²) >= 11 is 0. The van der Waals surface area contributed by atoms with Gasteiger partial charge in [-0.1, -0.05) is 12.1 Å². The maximum atomic E-state index is 12.9. The number of amides is 1. The van der Waals surface area contributed by atoms with Crippen molar-refractivity contribution >= 4 is 11.9 Å². The van der Waals surface area contributed by atoms with Crippen LogP contribution in [-0.2, 0) is 10.9 Å². The minimum atomic E-state index is -4.60. The van der Waals surface area contributed by atoms with E-state index in [1.54, 1.807) is 12.1 Å². The number of carbonyl (C=O) groups excluding carboxylic acids is 2. The van der Waals surface area contributed by atoms with Gasteiger partial charge in [0.2, 0.25) is 0 Å². The van der Waals surface area contributed by atoms with Gasteiger partial charge < -0.3 is 14.4 Å². The number of hydrogen-bond donors (Lipinski definition) is 0. The molecule has 29 heavy (non-hydrogen) atoms. The van der Waals surface area contributed by atoms with Crippen molar-refractivity contribution < 1.29 is 32.2 Å². The van der Waals surface area contributed by atoms with Crippen molar-refractivity contribution in [1.29, 1.82) is 0 Å². The Bertz CT molecular complexity index is 904. The highest BCUT2D eigenvalue weighted by molar-refractivity contribution is 6.05. The average Bonchev–Trinajstić information content (AvgIpc) is 2.72. The highest BCUT2D eigenvalue weighted by Crippen LogP contribution is 2.28. The highest BCUT2D eigenvalue weighted by Gasteiger charge is 2.34. The van der Waals surface area contributed by atoms with Crippen LogP contribution in [0.5, 0.6) is 6.01 Å². The fourth-order valence-corrected chi connectivity index (χ4v) is 3.05. The summed E-state index contributed by atoms with van der Waals surface area (Å²) in [5, 5.41) is 0. The van der Waals surface area contributed by atoms with Gasteiger partial charge in [0.25, 0.3) is 5.91 Å². The summed E-state index contributed by atoms with van der Waals surface area (Å²) in [6.07, 6.45) is -3.09. The van der Waals surface area contributed by atoms with Crippen molar-refractivity contribution in [1.82, 2.24) is 14.9 Å². The van der Waals surface area contributed by atoms with Crippen LogP contribution in [0.1, 0.15) is 39.3 Å². The first-order valence-electron chi connectivity index (χ1n) is 8.83. The van der Waals surface area contributed by atoms with Crippen LogP contribution in [0.4, 0.5) is 13.2 Å². The number of piperidine rings is 1. The topological polar surface area (TPSA) is 81.6 Å². The van der Waals surface area contributed by atoms with Crippen molar-refractivity contribution in [3.05, 3.63) is 53.3 Å². The third-order valence-corrected chi connectivity index (χ3v) is 4.42. The lowest BCUT2D eigenvalue weighted by molar-refractivity contribution is -0.141. The van der Waals surface area contributed by atoms with E-state index in [1.807, 2.05) is 0 Å². The second-order valence-corrected chi connectivity index (χ2v) is 6.39. The summed E-state index contributed by atoms with van der Waals surface area (Å²) in [5.74, 6) is -1.01. The Labute approximate surface area is 164 Å². The summed E-state index contributed by atoms with van der Waals surface area (Å²) in [6.45, 7) is 0.561. The number of carbonyl (C=O) groups is 2. The minimum absolute atomic E-state index is 0.133. The number of aromatic nitrogens is 2. The lowest BCUT2D eigenvalue weighted by Gasteiger charge is -2.32. The van der Waals surface area contributed by atoms with E-state index in [2.05, 4.69) is 9.97 Å². The summed E-state index contributed by atoms with van der Waals surface area (Å²) in [5.41, 5.74) is -0.766. The zero-order valence-corrected chi connectivity index (χ0v) is 15.5. The van der Waals surface area contributed by atoms with Crippen molar-refractivity contribution in [2.75, 3.05) is 20.2 Å². The van der Waals surface area contributed by atoms with E-state index < -0.39 is 30.0 Å². The molecule has 1 aliphatic rings. The van der Waals surface area contributed by atoms with E-state index in [0.717, 1.165) is 12.3 Å². The first kappa shape index (κ1) is 20.6. The maximum Gasteiger partial charge on any atom is 0.433 e. The molecule has 0 saturated carbocycles. The first-order valence-corrected chi connectivity index (χ1v) is 8.83. The van der Waals surface area contributed by atoms with Gasteiger partial charge in [0.05, 0.1) is 24.8 Å². The molecule has 10 heteroatoms. The second-order valence-electron chi connectivity index (χ2n) is 6.39. The molecule has 154 valence electrons. The van der Waals surface area contributed by atoms with Gasteiger partial charge >= 0.3 is 18.2 Å². The molecule has 1 unspecified atom stereocenters. The molecule has 1 amide bonds. The number of ether oxygens (including phenoxy) is 2. The number of halogens is 3. The molecular weight excluding hydrogens is 391 g/mol. The second kappa shape index (κ2) is 8.46. The van der Waals surface area contributed by atoms with Gasteiger partial charge in [-0.25, -0.2) is 9.78 Å². The number of alkyl halides is 3. The number of rotatable bonds is 4. The molecule has 0 aliphatic carbocycles. The van der Waals surface area contributed by atoms with E-state index in [1.165, 1.54) is 24.1 Å². The first-order chi connectivity index (χ1) is 13.8. The lowest BCUT2D eigenvalue weighted by Crippen LogP contribution is -2.45. The molecule has 1 aromatic carbocycles. The van der Waals surface area contributed by atoms with Crippen LogP contribution in [0, 0.1) is 0 Å². The van der Waals surface area contributed by atoms with E-state index in [9.17, 15) is 22.8 Å². The fraction of sp³-hybridized carbons (Fsp3) is 0.368. The molecular formula is C19H18F3N3O4. The van der Waals surface area contributed by atoms with Crippen molar-refractivity contribution in [3.8, 4) is 6.01 Å². The van der Waals surface area contributed by atoms with Crippen LogP contribution < -0.4 is 4.74 Å². The van der Waals surface area contributed by atoms with E-state index in [-0.39, 0.29) is 23.6 Å². The minimum Gasteiger partial charge on any atom is -0.465 e. The molecule has 2 aromatic rings. The maximum absolute atomic E-state index is 12.9. The van der Waals surface area contributed by atoms with Crippen molar-refractivity contribution in [3.63, 3.8) is 0 Å². The smallest absolute Gasteiger partial charge is 0.433 e. The summed E-state index contributed by atoms with van der Waals surface area (Å²) in [7, 11) is 1.23. The SMILES string of the molecule is COC(=O)c1ccccc1C(=O)N1CCCC(Oc2nccc(C(F)(F)F)n2)C1. The van der Waals surface area contributed by atoms with Gasteiger partial charge in [0.15, 0.2) is 5.69 Å². The fourth-order valence-electron chi connectivity index (χ4n) is 3.05. The Balaban J connectivity index is 1.73. The van der Waals surface area contributed by atoms with Gasteiger partial charge in [0, 0.05) is 12.7 Å². The summed E-state index contributed by atoms with van der Waals surface area (Å²) in [4.78, 5) is 33.4. The van der Waals surface area contributed by atoms with Gasteiger partial charge in [0.1, 0.15) is 6.10 Å². The molecule has 1 atom stereocenters. The zero-order chi connectivity index (χ0) is 21.0. The molecule has 0 spiro atoms. The average molecular weight is 409 g/mol. The highest BCUT2D eigenvalue weighted by atomic mass is 19.4. The van der Waals surface area contributed by atoms with Gasteiger partial charge in [-0.15, -0.1) is 0 Å². The van der Waals surface area contributed by atoms with E-state index in [4.69, 9.17) is 9.47 Å². The number of likely N-dealkylation sites (tertiary alicyclic amines) is 1. The zero-order valence-electron chi connectivity index (χ0n) is 15.5. The quantitative estimate of drug-likeness (QED) is 0.723. The van der Waals surface area contributed by atoms with Crippen LogP contribution in [0.15, 0.2) is 36.5 Å². The van der Waals surface area contributed by atoms with Crippen LogP contribution >= 0.6 is 0 Å². The molecule has 1 aliphatic heterocycles. The monoisotopic (exact) mass is 409 g/mol. The Kier molecular flexibility index (Phi) is 6.00. The van der Waals surface area contributed by atoms with Crippen molar-refractivity contribution in [2.24, 2.45) is 0 Å². The third kappa shape index (κ3) is 4.82. The Morgan fingerprint density at radius 2 is 1.90 bits per heavy atom. The van der Waals surface area contributed by atoms with E-state index in [0.29, 0.717) is 19.4 Å². The van der Waals surface area contributed by atoms with Gasteiger partial charge in [-0.05, 0) is 31.0 Å². The van der Waals surface area contributed by atoms with Crippen LogP contribution in [0.3, 0.4) is 0 Å². The van der Waals surface area contributed by atoms with Crippen molar-refractivity contribution in [2.45, 2.75) is 25.1 Å². The molecule has 3 rings (SSSR count). The number of methoxy groups -OCH3 is 1. The Morgan fingerprint density at radius 3 is 2.59 bits per heavy atom. The predicted octanol–water partition coefficient (Wildman–Crippen LogP) is 2.97. The van der Waals surface area contributed by atoms with Crippen LogP contribution in [0.25, 0.3) is 0 Å². The number of nitrogens with zero attached hydrogens (tertiary/aromatic N) is 3. The summed E-state index contributed by atoms with van der Waals surface area (Å²) in [6, 6.07) is 6.63. The molecule has 2 heterocycles. The molecule has 1 saturated heterocycles. The molecule has 0 radical (unpaired) electrons. The largest absolute Gasteiger partial charge is 0.465 e. The lowest BCUT2D eigenvalue weighted by atomic mass is 10.0. The standard InChI is InChI=1S/C19H18F3N3O4/c1-28-17(27)14-7-3-2-6-13(14)16(26)25-10-4-5-12(11-25)29-18-23-9-8-15(24-18)19(20,21)22/h2-3,6-9,12H,4-5,10-11H2,1H3. The molecule has 1 fully saturated rings. The Hall–Kier alpha value is -3.17. The molecule has 0 bridgehead atoms. The molecule has 7 nitrogen and oxygen atoms in total. The van der Waals surface area contributed by atoms with Crippen LogP contribution in [0.2, 0.25) is 0 Å². The predicted molar refractivity (Wildman–Crippen MR) is 94.4 cm³/mol. The van der Waals surface area contributed by atoms with Gasteiger partial charge in [-0.3, -0.25) is 4.79 Å². The number of esters is 1. The normalized spacial score (nSPS) is 17.0. The van der Waals surface area contributed by atoms with Crippen LogP contribution in [-0.4, -0.2) is 53.0 Å². The number of hydrogen-bond acceptors (Lipinski definition) is 6. The Morgan fingerprint density at radius 1 is 1.17 bits per heavy atom. The molecule has 0 N–H and O–H groups in total.